The second-order valence-corrected chi connectivity index (χ2v) is 3.49. The van der Waals surface area contributed by atoms with E-state index in [9.17, 15) is 4.79 Å². The molecule has 0 aromatic heterocycles. The van der Waals surface area contributed by atoms with E-state index in [2.05, 4.69) is 10.6 Å². The molecule has 14 heavy (non-hydrogen) atoms. The summed E-state index contributed by atoms with van der Waals surface area (Å²) in [6, 6.07) is 5.04. The first kappa shape index (κ1) is 11.1. The Bertz CT molecular complexity index is 342. The third kappa shape index (κ3) is 3.09. The highest BCUT2D eigenvalue weighted by Gasteiger charge is 2.02. The molecule has 2 N–H and O–H groups in total. The van der Waals surface area contributed by atoms with Crippen molar-refractivity contribution in [3.63, 3.8) is 0 Å². The Hall–Kier alpha value is -0.930. The Labute approximate surface area is 92.4 Å². The smallest absolute Gasteiger partial charge is 0.239 e. The number of nitrogens with one attached hydrogen (secondary N) is 2. The van der Waals surface area contributed by atoms with E-state index in [4.69, 9.17) is 23.2 Å². The van der Waals surface area contributed by atoms with E-state index in [0.717, 1.165) is 0 Å². The van der Waals surface area contributed by atoms with Gasteiger partial charge >= 0.3 is 0 Å². The largest absolute Gasteiger partial charge is 0.375 e. The molecule has 1 aromatic rings. The lowest BCUT2D eigenvalue weighted by Gasteiger charge is -2.07. The van der Waals surface area contributed by atoms with Crippen molar-refractivity contribution in [1.82, 2.24) is 5.32 Å². The quantitative estimate of drug-likeness (QED) is 0.839. The van der Waals surface area contributed by atoms with Gasteiger partial charge in [0, 0.05) is 12.1 Å². The zero-order chi connectivity index (χ0) is 10.6. The van der Waals surface area contributed by atoms with Crippen LogP contribution in [0.1, 0.15) is 0 Å². The third-order valence-corrected chi connectivity index (χ3v) is 2.21. The molecule has 0 saturated heterocycles. The van der Waals surface area contributed by atoms with Crippen molar-refractivity contribution in [2.45, 2.75) is 0 Å². The predicted octanol–water partition coefficient (Wildman–Crippen LogP) is 2.15. The molecule has 76 valence electrons. The Morgan fingerprint density at radius 3 is 2.79 bits per heavy atom. The van der Waals surface area contributed by atoms with Crippen molar-refractivity contribution in [2.24, 2.45) is 0 Å². The van der Waals surface area contributed by atoms with Gasteiger partial charge < -0.3 is 10.6 Å². The van der Waals surface area contributed by atoms with Crippen molar-refractivity contribution >= 4 is 34.8 Å². The molecule has 1 amide bonds. The second kappa shape index (κ2) is 5.08. The summed E-state index contributed by atoms with van der Waals surface area (Å²) in [5.41, 5.74) is 0.655. The van der Waals surface area contributed by atoms with Gasteiger partial charge in [-0.25, -0.2) is 0 Å². The van der Waals surface area contributed by atoms with Gasteiger partial charge in [-0.15, -0.1) is 0 Å². The van der Waals surface area contributed by atoms with E-state index >= 15 is 0 Å². The first-order valence-electron chi connectivity index (χ1n) is 4.03. The summed E-state index contributed by atoms with van der Waals surface area (Å²) >= 11 is 11.6. The van der Waals surface area contributed by atoms with Crippen molar-refractivity contribution in [1.29, 1.82) is 0 Å². The van der Waals surface area contributed by atoms with E-state index in [1.165, 1.54) is 0 Å². The SMILES string of the molecule is CNC(=O)CNc1cc(Cl)ccc1Cl. The number of likely N-dealkylation sites (N-methyl/N-ethyl adjacent to an activating group) is 1. The zero-order valence-corrected chi connectivity index (χ0v) is 9.12. The lowest BCUT2D eigenvalue weighted by molar-refractivity contribution is -0.118. The van der Waals surface area contributed by atoms with Gasteiger partial charge in [0.05, 0.1) is 17.3 Å². The number of hydrogen-bond acceptors (Lipinski definition) is 2. The van der Waals surface area contributed by atoms with Crippen LogP contribution in [-0.2, 0) is 4.79 Å². The van der Waals surface area contributed by atoms with Crippen LogP contribution in [0.4, 0.5) is 5.69 Å². The maximum atomic E-state index is 10.9. The number of rotatable bonds is 3. The Morgan fingerprint density at radius 2 is 2.14 bits per heavy atom. The maximum Gasteiger partial charge on any atom is 0.239 e. The van der Waals surface area contributed by atoms with Crippen LogP contribution in [0.25, 0.3) is 0 Å². The molecule has 0 saturated carbocycles. The minimum absolute atomic E-state index is 0.110. The average molecular weight is 233 g/mol. The van der Waals surface area contributed by atoms with Gasteiger partial charge in [0.2, 0.25) is 5.91 Å². The van der Waals surface area contributed by atoms with Crippen molar-refractivity contribution in [3.8, 4) is 0 Å². The molecule has 0 atom stereocenters. The van der Waals surface area contributed by atoms with Crippen LogP contribution in [0.5, 0.6) is 0 Å². The van der Waals surface area contributed by atoms with Gasteiger partial charge in [0.25, 0.3) is 0 Å². The van der Waals surface area contributed by atoms with E-state index in [1.54, 1.807) is 25.2 Å². The highest BCUT2D eigenvalue weighted by atomic mass is 35.5. The first-order chi connectivity index (χ1) is 6.63. The molecule has 0 radical (unpaired) electrons. The fraction of sp³-hybridized carbons (Fsp3) is 0.222. The number of anilines is 1. The fourth-order valence-corrected chi connectivity index (χ4v) is 1.25. The van der Waals surface area contributed by atoms with Crippen LogP contribution in [0.2, 0.25) is 10.0 Å². The maximum absolute atomic E-state index is 10.9. The summed E-state index contributed by atoms with van der Waals surface area (Å²) in [4.78, 5) is 10.9. The van der Waals surface area contributed by atoms with E-state index in [1.807, 2.05) is 0 Å². The van der Waals surface area contributed by atoms with Crippen LogP contribution in [0.15, 0.2) is 18.2 Å². The first-order valence-corrected chi connectivity index (χ1v) is 4.78. The van der Waals surface area contributed by atoms with E-state index in [0.29, 0.717) is 15.7 Å². The van der Waals surface area contributed by atoms with Gasteiger partial charge in [-0.05, 0) is 18.2 Å². The molecule has 1 rings (SSSR count). The number of benzene rings is 1. The van der Waals surface area contributed by atoms with Crippen molar-refractivity contribution in [2.75, 3.05) is 18.9 Å². The van der Waals surface area contributed by atoms with Gasteiger partial charge in [-0.2, -0.15) is 0 Å². The zero-order valence-electron chi connectivity index (χ0n) is 7.60. The van der Waals surface area contributed by atoms with Gasteiger partial charge in [-0.3, -0.25) is 4.79 Å². The number of carbonyl (C=O) groups is 1. The molecule has 0 bridgehead atoms. The molecule has 0 aliphatic rings. The molecule has 0 aliphatic carbocycles. The van der Waals surface area contributed by atoms with Crippen molar-refractivity contribution in [3.05, 3.63) is 28.2 Å². The lowest BCUT2D eigenvalue weighted by atomic mass is 10.3. The topological polar surface area (TPSA) is 41.1 Å². The Morgan fingerprint density at radius 1 is 1.43 bits per heavy atom. The summed E-state index contributed by atoms with van der Waals surface area (Å²) in [5, 5.41) is 6.49. The molecule has 1 aromatic carbocycles. The molecule has 3 nitrogen and oxygen atoms in total. The predicted molar refractivity (Wildman–Crippen MR) is 59.0 cm³/mol. The Kier molecular flexibility index (Phi) is 4.04. The number of hydrogen-bond donors (Lipinski definition) is 2. The number of amides is 1. The highest BCUT2D eigenvalue weighted by Crippen LogP contribution is 2.24. The molecule has 0 unspecified atom stereocenters. The summed E-state index contributed by atoms with van der Waals surface area (Å²) < 4.78 is 0. The normalized spacial score (nSPS) is 9.64. The standard InChI is InChI=1S/C9H10Cl2N2O/c1-12-9(14)5-13-8-4-6(10)2-3-7(8)11/h2-4,13H,5H2,1H3,(H,12,14). The summed E-state index contributed by atoms with van der Waals surface area (Å²) in [7, 11) is 1.57. The third-order valence-electron chi connectivity index (χ3n) is 1.65. The summed E-state index contributed by atoms with van der Waals surface area (Å²) in [6.45, 7) is 0.177. The monoisotopic (exact) mass is 232 g/mol. The molecule has 0 heterocycles. The van der Waals surface area contributed by atoms with Gasteiger partial charge in [0.15, 0.2) is 0 Å². The number of carbonyl (C=O) groups excluding carboxylic acids is 1. The van der Waals surface area contributed by atoms with E-state index in [-0.39, 0.29) is 12.5 Å². The second-order valence-electron chi connectivity index (χ2n) is 2.65. The van der Waals surface area contributed by atoms with Crippen LogP contribution in [0.3, 0.4) is 0 Å². The minimum atomic E-state index is -0.110. The highest BCUT2D eigenvalue weighted by molar-refractivity contribution is 6.35. The average Bonchev–Trinajstić information content (AvgIpc) is 2.19. The van der Waals surface area contributed by atoms with Crippen LogP contribution in [-0.4, -0.2) is 19.5 Å². The lowest BCUT2D eigenvalue weighted by Crippen LogP contribution is -2.26. The van der Waals surface area contributed by atoms with Gasteiger partial charge in [0.1, 0.15) is 0 Å². The van der Waals surface area contributed by atoms with Crippen LogP contribution in [0, 0.1) is 0 Å². The van der Waals surface area contributed by atoms with Crippen molar-refractivity contribution < 1.29 is 4.79 Å². The molecule has 0 aliphatic heterocycles. The van der Waals surface area contributed by atoms with E-state index < -0.39 is 0 Å². The number of halogens is 2. The summed E-state index contributed by atoms with van der Waals surface area (Å²) in [6.07, 6.45) is 0. The van der Waals surface area contributed by atoms with Crippen LogP contribution >= 0.6 is 23.2 Å². The van der Waals surface area contributed by atoms with Gasteiger partial charge in [-0.1, -0.05) is 23.2 Å². The Balaban J connectivity index is 2.66. The fourth-order valence-electron chi connectivity index (χ4n) is 0.897. The molecule has 0 spiro atoms. The molecule has 0 fully saturated rings. The molecular weight excluding hydrogens is 223 g/mol. The molecular formula is C9H10Cl2N2O. The molecule has 5 heteroatoms. The minimum Gasteiger partial charge on any atom is -0.375 e. The summed E-state index contributed by atoms with van der Waals surface area (Å²) in [5.74, 6) is -0.110. The van der Waals surface area contributed by atoms with Crippen LogP contribution < -0.4 is 10.6 Å².